The molecule has 6 nitrogen and oxygen atoms in total. The van der Waals surface area contributed by atoms with Gasteiger partial charge in [0, 0.05) is 19.8 Å². The van der Waals surface area contributed by atoms with Gasteiger partial charge >= 0.3 is 0 Å². The lowest BCUT2D eigenvalue weighted by Crippen LogP contribution is -2.37. The number of aryl methyl sites for hydroxylation is 1. The smallest absolute Gasteiger partial charge is 0.246 e. The fourth-order valence-corrected chi connectivity index (χ4v) is 3.60. The zero-order valence-corrected chi connectivity index (χ0v) is 10.1. The summed E-state index contributed by atoms with van der Waals surface area (Å²) in [6.07, 6.45) is 1.39. The van der Waals surface area contributed by atoms with Gasteiger partial charge in [0.25, 0.3) is 0 Å². The van der Waals surface area contributed by atoms with Gasteiger partial charge in [-0.05, 0) is 6.42 Å². The highest BCUT2D eigenvalue weighted by atomic mass is 32.2. The molecule has 2 rings (SSSR count). The third-order valence-corrected chi connectivity index (χ3v) is 4.68. The number of aromatic nitrogens is 2. The van der Waals surface area contributed by atoms with Crippen LogP contribution >= 0.6 is 0 Å². The van der Waals surface area contributed by atoms with Crippen LogP contribution in [0.3, 0.4) is 0 Å². The summed E-state index contributed by atoms with van der Waals surface area (Å²) in [6.45, 7) is -0.581. The van der Waals surface area contributed by atoms with E-state index in [2.05, 4.69) is 5.10 Å². The number of alkyl halides is 1. The fraction of sp³-hybridized carbons (Fsp3) is 0.667. The van der Waals surface area contributed by atoms with Crippen LogP contribution in [0.2, 0.25) is 0 Å². The maximum absolute atomic E-state index is 13.2. The largest absolute Gasteiger partial charge is 0.395 e. The molecule has 1 aromatic rings. The number of hydrogen-bond acceptors (Lipinski definition) is 4. The Hall–Kier alpha value is -0.990. The first kappa shape index (κ1) is 12.5. The molecule has 0 amide bonds. The van der Waals surface area contributed by atoms with E-state index in [4.69, 9.17) is 5.11 Å². The van der Waals surface area contributed by atoms with Gasteiger partial charge in [-0.15, -0.1) is 0 Å². The second-order valence-corrected chi connectivity index (χ2v) is 5.98. The minimum absolute atomic E-state index is 0.0209. The molecule has 0 aromatic carbocycles. The topological polar surface area (TPSA) is 75.4 Å². The fourth-order valence-electron chi connectivity index (χ4n) is 1.96. The van der Waals surface area contributed by atoms with Gasteiger partial charge < -0.3 is 5.11 Å². The van der Waals surface area contributed by atoms with E-state index in [9.17, 15) is 12.8 Å². The molecule has 2 heterocycles. The molecule has 2 atom stereocenters. The second kappa shape index (κ2) is 4.35. The van der Waals surface area contributed by atoms with Crippen LogP contribution in [0.5, 0.6) is 0 Å². The van der Waals surface area contributed by atoms with E-state index in [0.29, 0.717) is 0 Å². The van der Waals surface area contributed by atoms with Crippen molar-refractivity contribution in [1.82, 2.24) is 14.1 Å². The summed E-state index contributed by atoms with van der Waals surface area (Å²) in [6, 6.07) is -0.685. The standard InChI is InChI=1S/C9H14FN3O3S/c1-12-5-9(3-11-12)17(15,16)13-4-7(10)2-8(13)6-14/h3,5,7-8,14H,2,4,6H2,1H3/t7-,8-/m0/s1. The average Bonchev–Trinajstić information content (AvgIpc) is 2.84. The molecule has 1 aromatic heterocycles. The third kappa shape index (κ3) is 2.20. The third-order valence-electron chi connectivity index (χ3n) is 2.81. The molecule has 0 bridgehead atoms. The quantitative estimate of drug-likeness (QED) is 0.798. The van der Waals surface area contributed by atoms with Gasteiger partial charge in [0.15, 0.2) is 0 Å². The van der Waals surface area contributed by atoms with Gasteiger partial charge in [0.05, 0.1) is 18.8 Å². The first-order chi connectivity index (χ1) is 7.95. The predicted molar refractivity (Wildman–Crippen MR) is 57.5 cm³/mol. The van der Waals surface area contributed by atoms with Gasteiger partial charge in [-0.2, -0.15) is 9.40 Å². The van der Waals surface area contributed by atoms with Crippen molar-refractivity contribution in [3.8, 4) is 0 Å². The van der Waals surface area contributed by atoms with Gasteiger partial charge in [0.1, 0.15) is 11.1 Å². The van der Waals surface area contributed by atoms with E-state index in [1.807, 2.05) is 0 Å². The molecule has 0 saturated carbocycles. The number of nitrogens with zero attached hydrogens (tertiary/aromatic N) is 3. The summed E-state index contributed by atoms with van der Waals surface area (Å²) in [7, 11) is -2.16. The summed E-state index contributed by atoms with van der Waals surface area (Å²) in [5, 5.41) is 12.9. The molecule has 1 fully saturated rings. The zero-order valence-electron chi connectivity index (χ0n) is 9.32. The van der Waals surface area contributed by atoms with Crippen LogP contribution in [-0.4, -0.2) is 53.0 Å². The Kier molecular flexibility index (Phi) is 3.19. The molecule has 8 heteroatoms. The minimum Gasteiger partial charge on any atom is -0.395 e. The summed E-state index contributed by atoms with van der Waals surface area (Å²) in [5.74, 6) is 0. The maximum Gasteiger partial charge on any atom is 0.246 e. The van der Waals surface area contributed by atoms with Crippen LogP contribution in [0.4, 0.5) is 4.39 Å². The molecule has 1 saturated heterocycles. The highest BCUT2D eigenvalue weighted by Gasteiger charge is 2.40. The van der Waals surface area contributed by atoms with Crippen LogP contribution in [0, 0.1) is 0 Å². The van der Waals surface area contributed by atoms with Crippen LogP contribution in [-0.2, 0) is 17.1 Å². The first-order valence-electron chi connectivity index (χ1n) is 5.20. The first-order valence-corrected chi connectivity index (χ1v) is 6.64. The highest BCUT2D eigenvalue weighted by Crippen LogP contribution is 2.27. The van der Waals surface area contributed by atoms with Gasteiger partial charge in [-0.3, -0.25) is 4.68 Å². The number of halogens is 1. The molecule has 0 aliphatic carbocycles. The van der Waals surface area contributed by atoms with Crippen LogP contribution < -0.4 is 0 Å². The van der Waals surface area contributed by atoms with E-state index >= 15 is 0 Å². The Morgan fingerprint density at radius 1 is 1.65 bits per heavy atom. The zero-order chi connectivity index (χ0) is 12.6. The average molecular weight is 263 g/mol. The molecule has 1 aliphatic rings. The maximum atomic E-state index is 13.2. The Morgan fingerprint density at radius 3 is 2.88 bits per heavy atom. The molecule has 96 valence electrons. The monoisotopic (exact) mass is 263 g/mol. The Bertz CT molecular complexity index is 501. The van der Waals surface area contributed by atoms with Crippen molar-refractivity contribution in [3.05, 3.63) is 12.4 Å². The van der Waals surface area contributed by atoms with Crippen molar-refractivity contribution < 1.29 is 17.9 Å². The lowest BCUT2D eigenvalue weighted by Gasteiger charge is -2.20. The number of hydrogen-bond donors (Lipinski definition) is 1. The van der Waals surface area contributed by atoms with Crippen LogP contribution in [0.25, 0.3) is 0 Å². The van der Waals surface area contributed by atoms with Crippen molar-refractivity contribution in [1.29, 1.82) is 0 Å². The van der Waals surface area contributed by atoms with Crippen molar-refractivity contribution >= 4 is 10.0 Å². The van der Waals surface area contributed by atoms with Crippen LogP contribution in [0.1, 0.15) is 6.42 Å². The molecule has 1 N–H and O–H groups in total. The molecule has 0 spiro atoms. The Balaban J connectivity index is 2.32. The number of aliphatic hydroxyl groups excluding tert-OH is 1. The van der Waals surface area contributed by atoms with E-state index in [0.717, 1.165) is 4.31 Å². The number of sulfonamides is 1. The number of rotatable bonds is 3. The van der Waals surface area contributed by atoms with Gasteiger partial charge in [0.2, 0.25) is 10.0 Å². The summed E-state index contributed by atoms with van der Waals surface area (Å²) < 4.78 is 39.9. The van der Waals surface area contributed by atoms with Crippen molar-refractivity contribution in [2.75, 3.05) is 13.2 Å². The van der Waals surface area contributed by atoms with Crippen molar-refractivity contribution in [3.63, 3.8) is 0 Å². The van der Waals surface area contributed by atoms with Crippen LogP contribution in [0.15, 0.2) is 17.3 Å². The summed E-state index contributed by atoms with van der Waals surface area (Å²) >= 11 is 0. The number of aliphatic hydroxyl groups is 1. The van der Waals surface area contributed by atoms with E-state index in [1.54, 1.807) is 7.05 Å². The van der Waals surface area contributed by atoms with Gasteiger partial charge in [-0.25, -0.2) is 12.8 Å². The van der Waals surface area contributed by atoms with Gasteiger partial charge in [-0.1, -0.05) is 0 Å². The molecule has 17 heavy (non-hydrogen) atoms. The predicted octanol–water partition coefficient (Wildman–Crippen LogP) is -0.486. The summed E-state index contributed by atoms with van der Waals surface area (Å²) in [4.78, 5) is 0.0209. The Morgan fingerprint density at radius 2 is 2.35 bits per heavy atom. The molecule has 0 radical (unpaired) electrons. The lowest BCUT2D eigenvalue weighted by atomic mass is 10.2. The van der Waals surface area contributed by atoms with Crippen molar-refractivity contribution in [2.45, 2.75) is 23.5 Å². The molecular formula is C9H14FN3O3S. The normalized spacial score (nSPS) is 26.5. The Labute approximate surface area is 98.7 Å². The lowest BCUT2D eigenvalue weighted by molar-refractivity contribution is 0.213. The van der Waals surface area contributed by atoms with E-state index in [-0.39, 0.29) is 24.5 Å². The molecule has 0 unspecified atom stereocenters. The highest BCUT2D eigenvalue weighted by molar-refractivity contribution is 7.89. The summed E-state index contributed by atoms with van der Waals surface area (Å²) in [5.41, 5.74) is 0. The second-order valence-electron chi connectivity index (χ2n) is 4.09. The van der Waals surface area contributed by atoms with Crippen molar-refractivity contribution in [2.24, 2.45) is 7.05 Å². The van der Waals surface area contributed by atoms with E-state index < -0.39 is 22.2 Å². The SMILES string of the molecule is Cn1cc(S(=O)(=O)N2C[C@@H](F)C[C@H]2CO)cn1. The minimum atomic E-state index is -3.76. The molecule has 1 aliphatic heterocycles. The molecular weight excluding hydrogens is 249 g/mol. The van der Waals surface area contributed by atoms with E-state index in [1.165, 1.54) is 17.1 Å².